The topological polar surface area (TPSA) is 87.0 Å². The van der Waals surface area contributed by atoms with Crippen LogP contribution in [0.4, 0.5) is 10.1 Å². The van der Waals surface area contributed by atoms with Crippen LogP contribution in [0.25, 0.3) is 10.9 Å². The van der Waals surface area contributed by atoms with Crippen LogP contribution in [0.15, 0.2) is 17.1 Å². The van der Waals surface area contributed by atoms with Crippen LogP contribution >= 0.6 is 0 Å². The normalized spacial score (nSPS) is 19.9. The van der Waals surface area contributed by atoms with E-state index in [9.17, 15) is 9.59 Å². The molecule has 8 nitrogen and oxygen atoms in total. The molecule has 0 unspecified atom stereocenters. The zero-order valence-corrected chi connectivity index (χ0v) is 15.2. The van der Waals surface area contributed by atoms with E-state index in [1.165, 1.54) is 17.7 Å². The molecule has 1 aromatic heterocycles. The lowest BCUT2D eigenvalue weighted by Crippen LogP contribution is -2.45. The van der Waals surface area contributed by atoms with Gasteiger partial charge in [-0.05, 0) is 20.0 Å². The number of nitrogens with one attached hydrogen (secondary N) is 1. The molecule has 1 amide bonds. The number of nitrogens with zero attached hydrogens (tertiary/aromatic N) is 3. The van der Waals surface area contributed by atoms with Crippen molar-refractivity contribution in [3.63, 3.8) is 0 Å². The summed E-state index contributed by atoms with van der Waals surface area (Å²) in [4.78, 5) is 28.7. The van der Waals surface area contributed by atoms with E-state index < -0.39 is 17.2 Å². The number of hydrogen-bond acceptors (Lipinski definition) is 6. The van der Waals surface area contributed by atoms with Crippen LogP contribution in [0.3, 0.4) is 0 Å². The predicted octanol–water partition coefficient (Wildman–Crippen LogP) is 0.965. The Hall–Kier alpha value is -2.65. The molecule has 1 aromatic carbocycles. The van der Waals surface area contributed by atoms with Crippen LogP contribution in [-0.2, 0) is 0 Å². The van der Waals surface area contributed by atoms with Gasteiger partial charge in [-0.2, -0.15) is 0 Å². The third-order valence-electron chi connectivity index (χ3n) is 5.31. The molecule has 2 aromatic rings. The zero-order chi connectivity index (χ0) is 19.3. The number of piperazine rings is 1. The van der Waals surface area contributed by atoms with Gasteiger partial charge >= 0.3 is 0 Å². The summed E-state index contributed by atoms with van der Waals surface area (Å²) in [6, 6.07) is 1.01. The average molecular weight is 376 g/mol. The number of hydroxylamine groups is 1. The fourth-order valence-corrected chi connectivity index (χ4v) is 3.76. The van der Waals surface area contributed by atoms with Gasteiger partial charge in [-0.25, -0.2) is 9.87 Å². The molecule has 4 rings (SSSR count). The van der Waals surface area contributed by atoms with Gasteiger partial charge in [-0.1, -0.05) is 0 Å². The molecular weight excluding hydrogens is 355 g/mol. The second-order valence-corrected chi connectivity index (χ2v) is 7.10. The zero-order valence-electron chi connectivity index (χ0n) is 15.2. The number of carbonyl (C=O) groups excluding carboxylic acids is 1. The average Bonchev–Trinajstić information content (AvgIpc) is 2.66. The number of halogens is 1. The first-order chi connectivity index (χ1) is 12.9. The molecule has 1 fully saturated rings. The minimum absolute atomic E-state index is 0.0630. The monoisotopic (exact) mass is 376 g/mol. The van der Waals surface area contributed by atoms with Crippen molar-refractivity contribution in [2.75, 3.05) is 44.7 Å². The number of benzene rings is 1. The Morgan fingerprint density at radius 1 is 1.33 bits per heavy atom. The van der Waals surface area contributed by atoms with Crippen molar-refractivity contribution in [2.45, 2.75) is 13.0 Å². The van der Waals surface area contributed by atoms with Crippen LogP contribution in [0.1, 0.15) is 23.3 Å². The first kappa shape index (κ1) is 17.7. The standard InChI is InChI=1S/C18H21FN4O4/c1-10-9-27-17-14-11(16(24)12(8-23(10)14)18(25)20-26)7-13(19)15(17)22-5-3-21(2)4-6-22/h7-8,10,26H,3-6,9H2,1-2H3,(H,20,25)/t10-/m0/s1. The Kier molecular flexibility index (Phi) is 4.27. The van der Waals surface area contributed by atoms with Gasteiger partial charge in [0.1, 0.15) is 17.9 Å². The highest BCUT2D eigenvalue weighted by atomic mass is 19.1. The quantitative estimate of drug-likeness (QED) is 0.600. The molecule has 0 spiro atoms. The summed E-state index contributed by atoms with van der Waals surface area (Å²) in [6.07, 6.45) is 1.40. The lowest BCUT2D eigenvalue weighted by molar-refractivity contribution is 0.0704. The number of rotatable bonds is 2. The minimum atomic E-state index is -0.922. The highest BCUT2D eigenvalue weighted by molar-refractivity contribution is 5.99. The van der Waals surface area contributed by atoms with E-state index in [2.05, 4.69) is 4.90 Å². The van der Waals surface area contributed by atoms with Crippen LogP contribution in [-0.4, -0.2) is 60.4 Å². The maximum Gasteiger partial charge on any atom is 0.280 e. The Bertz CT molecular complexity index is 982. The molecule has 0 aliphatic carbocycles. The molecule has 0 saturated carbocycles. The van der Waals surface area contributed by atoms with Crippen LogP contribution < -0.4 is 20.5 Å². The van der Waals surface area contributed by atoms with Crippen molar-refractivity contribution in [2.24, 2.45) is 0 Å². The number of hydrogen-bond donors (Lipinski definition) is 2. The van der Waals surface area contributed by atoms with Crippen molar-refractivity contribution in [3.05, 3.63) is 33.9 Å². The summed E-state index contributed by atoms with van der Waals surface area (Å²) in [7, 11) is 2.02. The molecule has 0 bridgehead atoms. The molecule has 2 aliphatic heterocycles. The van der Waals surface area contributed by atoms with E-state index in [1.807, 2.05) is 18.9 Å². The summed E-state index contributed by atoms with van der Waals surface area (Å²) >= 11 is 0. The van der Waals surface area contributed by atoms with Gasteiger partial charge in [0, 0.05) is 32.4 Å². The fraction of sp³-hybridized carbons (Fsp3) is 0.444. The maximum absolute atomic E-state index is 15.1. The number of amides is 1. The van der Waals surface area contributed by atoms with Gasteiger partial charge in [0.05, 0.1) is 16.9 Å². The van der Waals surface area contributed by atoms with E-state index in [0.717, 1.165) is 13.1 Å². The second-order valence-electron chi connectivity index (χ2n) is 7.10. The lowest BCUT2D eigenvalue weighted by atomic mass is 10.0. The number of carbonyl (C=O) groups is 1. The Balaban J connectivity index is 1.99. The third kappa shape index (κ3) is 2.74. The Morgan fingerprint density at radius 3 is 2.70 bits per heavy atom. The van der Waals surface area contributed by atoms with Gasteiger partial charge in [-0.3, -0.25) is 14.8 Å². The largest absolute Gasteiger partial charge is 0.487 e. The van der Waals surface area contributed by atoms with E-state index in [-0.39, 0.29) is 23.6 Å². The molecule has 3 heterocycles. The smallest absolute Gasteiger partial charge is 0.280 e. The highest BCUT2D eigenvalue weighted by Gasteiger charge is 2.30. The third-order valence-corrected chi connectivity index (χ3v) is 5.31. The molecule has 9 heteroatoms. The SMILES string of the molecule is C[C@H]1COc2c(N3CCN(C)CC3)c(F)cc3c(=O)c(C(=O)NO)cn1c23. The van der Waals surface area contributed by atoms with Crippen molar-refractivity contribution in [1.82, 2.24) is 14.9 Å². The number of anilines is 1. The fourth-order valence-electron chi connectivity index (χ4n) is 3.76. The van der Waals surface area contributed by atoms with Crippen LogP contribution in [0, 0.1) is 5.82 Å². The van der Waals surface area contributed by atoms with Crippen molar-refractivity contribution < 1.29 is 19.1 Å². The summed E-state index contributed by atoms with van der Waals surface area (Å²) < 4.78 is 22.7. The first-order valence-corrected chi connectivity index (χ1v) is 8.84. The highest BCUT2D eigenvalue weighted by Crippen LogP contribution is 2.42. The van der Waals surface area contributed by atoms with Gasteiger partial charge in [0.2, 0.25) is 5.43 Å². The van der Waals surface area contributed by atoms with Crippen LogP contribution in [0.5, 0.6) is 5.75 Å². The molecule has 2 aliphatic rings. The second kappa shape index (κ2) is 6.50. The Labute approximate surface area is 154 Å². The molecule has 144 valence electrons. The van der Waals surface area contributed by atoms with E-state index >= 15 is 4.39 Å². The van der Waals surface area contributed by atoms with Gasteiger partial charge in [0.25, 0.3) is 5.91 Å². The summed E-state index contributed by atoms with van der Waals surface area (Å²) in [5.41, 5.74) is 1.43. The van der Waals surface area contributed by atoms with E-state index in [4.69, 9.17) is 9.94 Å². The van der Waals surface area contributed by atoms with Gasteiger partial charge < -0.3 is 19.1 Å². The van der Waals surface area contributed by atoms with Crippen LogP contribution in [0.2, 0.25) is 0 Å². The van der Waals surface area contributed by atoms with Gasteiger partial charge in [-0.15, -0.1) is 0 Å². The summed E-state index contributed by atoms with van der Waals surface area (Å²) in [6.45, 7) is 5.08. The summed E-state index contributed by atoms with van der Waals surface area (Å²) in [5, 5.41) is 8.98. The lowest BCUT2D eigenvalue weighted by Gasteiger charge is -2.37. The van der Waals surface area contributed by atoms with Crippen molar-refractivity contribution in [1.29, 1.82) is 0 Å². The minimum Gasteiger partial charge on any atom is -0.487 e. The number of aromatic nitrogens is 1. The summed E-state index contributed by atoms with van der Waals surface area (Å²) in [5.74, 6) is -1.14. The number of ether oxygens (including phenoxy) is 1. The molecular formula is C18H21FN4O4. The molecule has 1 atom stereocenters. The van der Waals surface area contributed by atoms with E-state index in [0.29, 0.717) is 30.0 Å². The molecule has 27 heavy (non-hydrogen) atoms. The molecule has 0 radical (unpaired) electrons. The maximum atomic E-state index is 15.1. The van der Waals surface area contributed by atoms with Crippen molar-refractivity contribution >= 4 is 22.5 Å². The predicted molar refractivity (Wildman–Crippen MR) is 97.3 cm³/mol. The van der Waals surface area contributed by atoms with Crippen molar-refractivity contribution in [3.8, 4) is 5.75 Å². The molecule has 1 saturated heterocycles. The molecule has 2 N–H and O–H groups in total. The van der Waals surface area contributed by atoms with Gasteiger partial charge in [0.15, 0.2) is 11.6 Å². The van der Waals surface area contributed by atoms with E-state index in [1.54, 1.807) is 4.57 Å². The first-order valence-electron chi connectivity index (χ1n) is 8.84. The number of pyridine rings is 1. The number of likely N-dealkylation sites (N-methyl/N-ethyl adjacent to an activating group) is 1. The Morgan fingerprint density at radius 2 is 2.04 bits per heavy atom.